The topological polar surface area (TPSA) is 64.7 Å². The third kappa shape index (κ3) is 8.29. The van der Waals surface area contributed by atoms with Crippen LogP contribution >= 0.6 is 24.4 Å². The van der Waals surface area contributed by atoms with E-state index in [9.17, 15) is 9.59 Å². The number of carbonyl (C=O) groups excluding carboxylic acids is 2. The second-order valence-corrected chi connectivity index (χ2v) is 8.70. The number of hydrogen-bond acceptors (Lipinski definition) is 4. The quantitative estimate of drug-likeness (QED) is 0.156. The number of hydrazine groups is 2. The molecule has 2 N–H and O–H groups in total. The van der Waals surface area contributed by atoms with Crippen LogP contribution in [-0.4, -0.2) is 21.8 Å². The predicted molar refractivity (Wildman–Crippen MR) is 171 cm³/mol. The SMILES string of the molecule is CC.O=C(CC(=O)NN(C(=S)c1ccccc1)c1ccccc1)NN(C(=S)c1ccccc1)c1ccccc1.[HH].[HH]. The lowest BCUT2D eigenvalue weighted by molar-refractivity contribution is -0.129. The lowest BCUT2D eigenvalue weighted by Gasteiger charge is -2.27. The van der Waals surface area contributed by atoms with Crippen LogP contribution in [-0.2, 0) is 9.59 Å². The van der Waals surface area contributed by atoms with Gasteiger partial charge >= 0.3 is 0 Å². The zero-order chi connectivity index (χ0) is 28.0. The van der Waals surface area contributed by atoms with Gasteiger partial charge in [-0.1, -0.05) is 135 Å². The normalized spacial score (nSPS) is 9.79. The fourth-order valence-electron chi connectivity index (χ4n) is 3.51. The van der Waals surface area contributed by atoms with Crippen LogP contribution in [0.5, 0.6) is 0 Å². The Balaban J connectivity index is 0.00000206. The molecular weight excluding hydrogens is 525 g/mol. The molecule has 0 aromatic heterocycles. The molecule has 0 spiro atoms. The van der Waals surface area contributed by atoms with Crippen LogP contribution in [0.4, 0.5) is 11.4 Å². The van der Waals surface area contributed by atoms with E-state index in [0.717, 1.165) is 11.1 Å². The molecule has 0 aliphatic heterocycles. The summed E-state index contributed by atoms with van der Waals surface area (Å²) in [7, 11) is 0. The van der Waals surface area contributed by atoms with Crippen molar-refractivity contribution in [2.24, 2.45) is 0 Å². The minimum Gasteiger partial charge on any atom is -0.273 e. The van der Waals surface area contributed by atoms with Crippen LogP contribution in [0.25, 0.3) is 0 Å². The molecule has 6 nitrogen and oxygen atoms in total. The number of amides is 2. The van der Waals surface area contributed by atoms with Gasteiger partial charge in [-0.3, -0.25) is 20.4 Å². The zero-order valence-corrected chi connectivity index (χ0v) is 23.4. The molecule has 0 heterocycles. The lowest BCUT2D eigenvalue weighted by Crippen LogP contribution is -2.50. The molecule has 202 valence electrons. The number of nitrogens with zero attached hydrogens (tertiary/aromatic N) is 2. The maximum Gasteiger partial charge on any atom is 0.248 e. The highest BCUT2D eigenvalue weighted by molar-refractivity contribution is 7.81. The summed E-state index contributed by atoms with van der Waals surface area (Å²) in [4.78, 5) is 26.8. The molecule has 0 saturated heterocycles. The van der Waals surface area contributed by atoms with Gasteiger partial charge < -0.3 is 0 Å². The monoisotopic (exact) mass is 558 g/mol. The first-order valence-electron chi connectivity index (χ1n) is 12.5. The summed E-state index contributed by atoms with van der Waals surface area (Å²) in [5.41, 5.74) is 8.41. The number of rotatable bonds is 6. The molecule has 4 aromatic rings. The summed E-state index contributed by atoms with van der Waals surface area (Å²) < 4.78 is 0. The molecule has 39 heavy (non-hydrogen) atoms. The van der Waals surface area contributed by atoms with Crippen molar-refractivity contribution in [2.75, 3.05) is 10.0 Å². The largest absolute Gasteiger partial charge is 0.273 e. The van der Waals surface area contributed by atoms with Crippen LogP contribution in [0, 0.1) is 0 Å². The number of para-hydroxylation sites is 2. The van der Waals surface area contributed by atoms with E-state index in [-0.39, 0.29) is 2.85 Å². The summed E-state index contributed by atoms with van der Waals surface area (Å²) in [6.45, 7) is 4.00. The van der Waals surface area contributed by atoms with E-state index in [4.69, 9.17) is 24.4 Å². The van der Waals surface area contributed by atoms with E-state index >= 15 is 0 Å². The number of carbonyl (C=O) groups is 2. The van der Waals surface area contributed by atoms with Crippen LogP contribution in [0.15, 0.2) is 121 Å². The van der Waals surface area contributed by atoms with E-state index in [1.807, 2.05) is 135 Å². The molecule has 0 aliphatic rings. The van der Waals surface area contributed by atoms with Crippen LogP contribution in [0.2, 0.25) is 0 Å². The summed E-state index contributed by atoms with van der Waals surface area (Å²) in [5.74, 6) is -1.06. The Morgan fingerprint density at radius 1 is 0.564 bits per heavy atom. The molecule has 4 aromatic carbocycles. The molecular formula is C31H34N4O2S2. The van der Waals surface area contributed by atoms with Crippen molar-refractivity contribution in [1.82, 2.24) is 10.9 Å². The van der Waals surface area contributed by atoms with Gasteiger partial charge in [0.1, 0.15) is 16.4 Å². The van der Waals surface area contributed by atoms with Gasteiger partial charge in [0.25, 0.3) is 0 Å². The van der Waals surface area contributed by atoms with Crippen molar-refractivity contribution in [3.63, 3.8) is 0 Å². The lowest BCUT2D eigenvalue weighted by atomic mass is 10.2. The average Bonchev–Trinajstić information content (AvgIpc) is 3.00. The third-order valence-corrected chi connectivity index (χ3v) is 6.11. The fourth-order valence-corrected chi connectivity index (χ4v) is 4.09. The van der Waals surface area contributed by atoms with Gasteiger partial charge in [-0.15, -0.1) is 0 Å². The first kappa shape index (κ1) is 29.2. The highest BCUT2D eigenvalue weighted by Gasteiger charge is 2.21. The summed E-state index contributed by atoms with van der Waals surface area (Å²) in [6.07, 6.45) is -0.443. The Hall–Kier alpha value is -4.40. The number of thiocarbonyl (C=S) groups is 2. The summed E-state index contributed by atoms with van der Waals surface area (Å²) in [5, 5.41) is 3.01. The molecule has 2 amide bonds. The average molecular weight is 559 g/mol. The van der Waals surface area contributed by atoms with Crippen molar-refractivity contribution < 1.29 is 12.4 Å². The van der Waals surface area contributed by atoms with Gasteiger partial charge in [0, 0.05) is 14.0 Å². The summed E-state index contributed by atoms with van der Waals surface area (Å²) in [6, 6.07) is 37.1. The Bertz CT molecular complexity index is 1270. The van der Waals surface area contributed by atoms with Gasteiger partial charge in [-0.2, -0.15) is 0 Å². The third-order valence-electron chi connectivity index (χ3n) is 5.27. The molecule has 0 unspecified atom stereocenters. The van der Waals surface area contributed by atoms with E-state index in [1.54, 1.807) is 0 Å². The van der Waals surface area contributed by atoms with Gasteiger partial charge in [-0.05, 0) is 24.3 Å². The van der Waals surface area contributed by atoms with Crippen LogP contribution < -0.4 is 20.9 Å². The highest BCUT2D eigenvalue weighted by Crippen LogP contribution is 2.17. The minimum absolute atomic E-state index is 0. The maximum absolute atomic E-state index is 13.0. The zero-order valence-electron chi connectivity index (χ0n) is 21.8. The van der Waals surface area contributed by atoms with Gasteiger partial charge in [0.2, 0.25) is 11.8 Å². The van der Waals surface area contributed by atoms with E-state index < -0.39 is 18.2 Å². The number of nitrogens with one attached hydrogen (secondary N) is 2. The van der Waals surface area contributed by atoms with Gasteiger partial charge in [0.05, 0.1) is 11.4 Å². The number of benzene rings is 4. The highest BCUT2D eigenvalue weighted by atomic mass is 32.1. The van der Waals surface area contributed by atoms with E-state index in [1.165, 1.54) is 10.0 Å². The Labute approximate surface area is 243 Å². The van der Waals surface area contributed by atoms with Crippen LogP contribution in [0.1, 0.15) is 34.2 Å². The molecule has 0 saturated carbocycles. The van der Waals surface area contributed by atoms with Crippen molar-refractivity contribution >= 4 is 57.6 Å². The first-order valence-corrected chi connectivity index (χ1v) is 13.3. The maximum atomic E-state index is 13.0. The van der Waals surface area contributed by atoms with Crippen LogP contribution in [0.3, 0.4) is 0 Å². The second-order valence-electron chi connectivity index (χ2n) is 7.93. The number of hydrogen-bond donors (Lipinski definition) is 2. The Morgan fingerprint density at radius 2 is 0.846 bits per heavy atom. The van der Waals surface area contributed by atoms with E-state index in [0.29, 0.717) is 21.4 Å². The van der Waals surface area contributed by atoms with E-state index in [2.05, 4.69) is 10.9 Å². The second kappa shape index (κ2) is 15.1. The van der Waals surface area contributed by atoms with Crippen molar-refractivity contribution in [2.45, 2.75) is 20.3 Å². The van der Waals surface area contributed by atoms with Crippen molar-refractivity contribution in [3.8, 4) is 0 Å². The molecule has 0 atom stereocenters. The predicted octanol–water partition coefficient (Wildman–Crippen LogP) is 6.72. The van der Waals surface area contributed by atoms with Gasteiger partial charge in [-0.25, -0.2) is 10.0 Å². The van der Waals surface area contributed by atoms with Crippen molar-refractivity contribution in [1.29, 1.82) is 0 Å². The molecule has 8 heteroatoms. The minimum atomic E-state index is -0.529. The van der Waals surface area contributed by atoms with Gasteiger partial charge in [0.15, 0.2) is 0 Å². The Kier molecular flexibility index (Phi) is 11.3. The molecule has 0 fully saturated rings. The molecule has 0 radical (unpaired) electrons. The molecule has 0 aliphatic carbocycles. The molecule has 4 rings (SSSR count). The number of anilines is 2. The van der Waals surface area contributed by atoms with Crippen molar-refractivity contribution in [3.05, 3.63) is 132 Å². The smallest absolute Gasteiger partial charge is 0.248 e. The summed E-state index contributed by atoms with van der Waals surface area (Å²) >= 11 is 11.3. The fraction of sp³-hybridized carbons (Fsp3) is 0.0968. The first-order chi connectivity index (χ1) is 19.0. The Morgan fingerprint density at radius 3 is 1.15 bits per heavy atom. The molecule has 0 bridgehead atoms. The standard InChI is InChI=1S/C29H24N4O2S2.C2H6.2H2/c34-26(30-32(24-17-9-3-10-18-24)28(36)22-13-5-1-6-14-22)21-27(35)31-33(25-19-11-4-12-20-25)29(37)23-15-7-2-8-16-23;1-2;;/h1-20H,21H2,(H,30,34)(H,31,35);1-2H3;2*1H.